The van der Waals surface area contributed by atoms with Gasteiger partial charge in [-0.15, -0.1) is 0 Å². The molecule has 0 aromatic carbocycles. The maximum atomic E-state index is 13.8. The number of piperidine rings is 1. The maximum Gasteiger partial charge on any atom is 0.408 e. The van der Waals surface area contributed by atoms with Crippen molar-refractivity contribution in [2.24, 2.45) is 28.4 Å². The number of nitrogens with zero attached hydrogens (tertiary/aromatic N) is 1. The minimum Gasteiger partial charge on any atom is -0.444 e. The van der Waals surface area contributed by atoms with Gasteiger partial charge in [-0.2, -0.15) is 0 Å². The molecule has 1 saturated carbocycles. The number of carbonyl (C=O) groups is 5. The fraction of sp³-hybridized carbons (Fsp3) is 0.808. The van der Waals surface area contributed by atoms with Gasteiger partial charge in [0.15, 0.2) is 0 Å². The molecule has 5 atom stereocenters. The molecule has 2 rings (SSSR count). The summed E-state index contributed by atoms with van der Waals surface area (Å²) in [7, 11) is 0. The molecule has 2 aliphatic rings. The van der Waals surface area contributed by atoms with Gasteiger partial charge in [-0.1, -0.05) is 54.4 Å². The Kier molecular flexibility index (Phi) is 8.53. The molecule has 10 heteroatoms. The minimum atomic E-state index is -1.10. The normalized spacial score (nSPS) is 24.2. The second kappa shape index (κ2) is 10.4. The summed E-state index contributed by atoms with van der Waals surface area (Å²) >= 11 is 0. The van der Waals surface area contributed by atoms with Crippen LogP contribution in [0.1, 0.15) is 81.6 Å². The van der Waals surface area contributed by atoms with Crippen molar-refractivity contribution >= 4 is 29.6 Å². The zero-order valence-electron chi connectivity index (χ0n) is 23.2. The number of unbranched alkanes of at least 4 members (excludes halogenated alkanes) is 1. The fourth-order valence-corrected chi connectivity index (χ4v) is 5.16. The van der Waals surface area contributed by atoms with Gasteiger partial charge in [-0.25, -0.2) is 4.79 Å². The van der Waals surface area contributed by atoms with E-state index < -0.39 is 52.8 Å². The zero-order valence-corrected chi connectivity index (χ0v) is 23.2. The molecule has 1 aliphatic carbocycles. The summed E-state index contributed by atoms with van der Waals surface area (Å²) in [5, 5.41) is 5.41. The van der Waals surface area contributed by atoms with Crippen LogP contribution in [0.5, 0.6) is 0 Å². The molecule has 1 saturated heterocycles. The number of carbonyl (C=O) groups excluding carboxylic acids is 5. The van der Waals surface area contributed by atoms with Crippen molar-refractivity contribution in [3.63, 3.8) is 0 Å². The number of rotatable bonds is 9. The van der Waals surface area contributed by atoms with Crippen LogP contribution in [0, 0.1) is 22.7 Å². The van der Waals surface area contributed by atoms with Crippen LogP contribution in [0.3, 0.4) is 0 Å². The topological polar surface area (TPSA) is 148 Å². The number of amides is 4. The number of nitrogens with one attached hydrogen (secondary N) is 2. The lowest BCUT2D eigenvalue weighted by molar-refractivity contribution is -0.145. The van der Waals surface area contributed by atoms with E-state index in [1.54, 1.807) is 20.8 Å². The number of primary amides is 1. The van der Waals surface area contributed by atoms with Crippen LogP contribution in [0.15, 0.2) is 0 Å². The molecule has 2 unspecified atom stereocenters. The first-order valence-corrected chi connectivity index (χ1v) is 12.8. The highest BCUT2D eigenvalue weighted by atomic mass is 16.6. The van der Waals surface area contributed by atoms with Gasteiger partial charge in [0, 0.05) is 6.54 Å². The van der Waals surface area contributed by atoms with Gasteiger partial charge in [0.2, 0.25) is 17.6 Å². The highest BCUT2D eigenvalue weighted by molar-refractivity contribution is 6.37. The third-order valence-corrected chi connectivity index (χ3v) is 7.26. The molecule has 2 fully saturated rings. The van der Waals surface area contributed by atoms with Gasteiger partial charge in [0.05, 0.1) is 6.04 Å². The SMILES string of the molecule is CCCCC(NC(=O)[C@@H]1C2[C@H](CN1C(=O)[C@@H](NC(=O)OC(C)(C)C)C(C)(C)C)C2(C)C)C(=O)C(N)=O. The van der Waals surface area contributed by atoms with Gasteiger partial charge in [-0.05, 0) is 49.9 Å². The van der Waals surface area contributed by atoms with Crippen LogP contribution < -0.4 is 16.4 Å². The summed E-state index contributed by atoms with van der Waals surface area (Å²) in [5.74, 6) is -2.81. The molecule has 4 N–H and O–H groups in total. The molecule has 1 aliphatic heterocycles. The van der Waals surface area contributed by atoms with E-state index in [-0.39, 0.29) is 29.6 Å². The Balaban J connectivity index is 2.31. The quantitative estimate of drug-likeness (QED) is 0.407. The predicted octanol–water partition coefficient (Wildman–Crippen LogP) is 2.14. The molecule has 4 amide bonds. The lowest BCUT2D eigenvalue weighted by atomic mass is 9.85. The summed E-state index contributed by atoms with van der Waals surface area (Å²) in [4.78, 5) is 65.4. The minimum absolute atomic E-state index is 0.0981. The molecule has 0 aromatic heterocycles. The van der Waals surface area contributed by atoms with Crippen LogP contribution >= 0.6 is 0 Å². The largest absolute Gasteiger partial charge is 0.444 e. The second-order valence-corrected chi connectivity index (χ2v) is 12.8. The van der Waals surface area contributed by atoms with Gasteiger partial charge >= 0.3 is 6.09 Å². The van der Waals surface area contributed by atoms with E-state index in [1.807, 2.05) is 41.5 Å². The first kappa shape index (κ1) is 29.6. The van der Waals surface area contributed by atoms with E-state index in [0.717, 1.165) is 6.42 Å². The molecule has 0 radical (unpaired) electrons. The summed E-state index contributed by atoms with van der Waals surface area (Å²) in [6.45, 7) is 17.1. The molecular formula is C26H44N4O6. The first-order valence-electron chi connectivity index (χ1n) is 12.8. The van der Waals surface area contributed by atoms with Crippen molar-refractivity contribution in [2.75, 3.05) is 6.54 Å². The smallest absolute Gasteiger partial charge is 0.408 e. The van der Waals surface area contributed by atoms with Crippen molar-refractivity contribution in [2.45, 2.75) is 105 Å². The van der Waals surface area contributed by atoms with Gasteiger partial charge < -0.3 is 26.0 Å². The third-order valence-electron chi connectivity index (χ3n) is 7.26. The molecular weight excluding hydrogens is 464 g/mol. The number of fused-ring (bicyclic) bond motifs is 1. The fourth-order valence-electron chi connectivity index (χ4n) is 5.16. The highest BCUT2D eigenvalue weighted by Crippen LogP contribution is 2.65. The molecule has 204 valence electrons. The molecule has 0 spiro atoms. The standard InChI is InChI=1S/C26H44N4O6/c1-10-11-12-15(18(31)20(27)32)28-21(33)17-16-14(26(16,8)9)13-30(17)22(34)19(24(2,3)4)29-23(35)36-25(5,6)7/h14-17,19H,10-13H2,1-9H3,(H2,27,32)(H,28,33)(H,29,35)/t14-,15?,16?,17-,19+/m0/s1. The molecule has 0 bridgehead atoms. The Bertz CT molecular complexity index is 901. The number of likely N-dealkylation sites (tertiary alicyclic amines) is 1. The summed E-state index contributed by atoms with van der Waals surface area (Å²) in [6, 6.07) is -2.80. The number of alkyl carbamates (subject to hydrolysis) is 1. The van der Waals surface area contributed by atoms with E-state index in [2.05, 4.69) is 10.6 Å². The van der Waals surface area contributed by atoms with Crippen LogP contribution in [-0.4, -0.2) is 64.8 Å². The summed E-state index contributed by atoms with van der Waals surface area (Å²) in [6.07, 6.45) is 0.967. The number of hydrogen-bond acceptors (Lipinski definition) is 6. The first-order chi connectivity index (χ1) is 16.3. The Morgan fingerprint density at radius 1 is 1.06 bits per heavy atom. The van der Waals surface area contributed by atoms with Crippen molar-refractivity contribution in [1.29, 1.82) is 0 Å². The lowest BCUT2D eigenvalue weighted by Crippen LogP contribution is -2.60. The lowest BCUT2D eigenvalue weighted by Gasteiger charge is -2.38. The van der Waals surface area contributed by atoms with E-state index in [0.29, 0.717) is 13.0 Å². The van der Waals surface area contributed by atoms with Gasteiger partial charge in [0.1, 0.15) is 17.7 Å². The van der Waals surface area contributed by atoms with Crippen LogP contribution in [0.2, 0.25) is 0 Å². The number of hydrogen-bond donors (Lipinski definition) is 3. The summed E-state index contributed by atoms with van der Waals surface area (Å²) < 4.78 is 5.37. The van der Waals surface area contributed by atoms with Crippen molar-refractivity contribution in [1.82, 2.24) is 15.5 Å². The van der Waals surface area contributed by atoms with Crippen molar-refractivity contribution < 1.29 is 28.7 Å². The Morgan fingerprint density at radius 2 is 1.64 bits per heavy atom. The molecule has 0 aromatic rings. The van der Waals surface area contributed by atoms with Crippen LogP contribution in [0.25, 0.3) is 0 Å². The van der Waals surface area contributed by atoms with E-state index in [1.165, 1.54) is 4.90 Å². The average Bonchev–Trinajstić information content (AvgIpc) is 3.07. The molecule has 1 heterocycles. The van der Waals surface area contributed by atoms with Gasteiger partial charge in [-0.3, -0.25) is 19.2 Å². The maximum absolute atomic E-state index is 13.8. The Morgan fingerprint density at radius 3 is 2.11 bits per heavy atom. The second-order valence-electron chi connectivity index (χ2n) is 12.8. The number of nitrogens with two attached hydrogens (primary N) is 1. The Labute approximate surface area is 214 Å². The van der Waals surface area contributed by atoms with Crippen molar-refractivity contribution in [3.8, 4) is 0 Å². The highest BCUT2D eigenvalue weighted by Gasteiger charge is 2.69. The number of Topliss-reactive ketones (excluding diaryl/α,β-unsaturated/α-hetero) is 1. The molecule has 36 heavy (non-hydrogen) atoms. The molecule has 10 nitrogen and oxygen atoms in total. The monoisotopic (exact) mass is 508 g/mol. The number of ketones is 1. The van der Waals surface area contributed by atoms with Crippen LogP contribution in [-0.2, 0) is 23.9 Å². The number of ether oxygens (including phenoxy) is 1. The predicted molar refractivity (Wildman–Crippen MR) is 135 cm³/mol. The average molecular weight is 509 g/mol. The van der Waals surface area contributed by atoms with E-state index >= 15 is 0 Å². The van der Waals surface area contributed by atoms with Gasteiger partial charge in [0.25, 0.3) is 5.91 Å². The summed E-state index contributed by atoms with van der Waals surface area (Å²) in [5.41, 5.74) is 3.66. The van der Waals surface area contributed by atoms with E-state index in [9.17, 15) is 24.0 Å². The van der Waals surface area contributed by atoms with Crippen LogP contribution in [0.4, 0.5) is 4.79 Å². The zero-order chi connectivity index (χ0) is 27.8. The van der Waals surface area contributed by atoms with E-state index in [4.69, 9.17) is 10.5 Å². The van der Waals surface area contributed by atoms with Crippen molar-refractivity contribution in [3.05, 3.63) is 0 Å². The Hall–Kier alpha value is -2.65. The third kappa shape index (κ3) is 6.56.